The molecule has 1 aliphatic heterocycles. The molecule has 1 fully saturated rings. The van der Waals surface area contributed by atoms with Gasteiger partial charge in [-0.3, -0.25) is 14.4 Å². The Hall–Kier alpha value is -3.48. The molecule has 0 spiro atoms. The van der Waals surface area contributed by atoms with E-state index in [1.165, 1.54) is 30.3 Å². The Balaban J connectivity index is 1.66. The Bertz CT molecular complexity index is 1330. The number of carboxylic acid groups (broad SMARTS) is 1. The molecule has 1 heterocycles. The average molecular weight is 543 g/mol. The standard InChI is InChI=1S/C24H25F3N2O7S/c1-13-4-7-15(8-5-13)37(33,34)29-12-20(16-11-17(16)21(30)31)35-19-9-6-14(10-18(19)29)28-22(32)36-23(2,3)24(25,26)27/h4-10,16-17,20H,11-12H2,1-3H3,(H,28,32)(H,30,31)/t16-,17+,20?/m0/s1. The Morgan fingerprint density at radius 2 is 1.78 bits per heavy atom. The van der Waals surface area contributed by atoms with Crippen LogP contribution >= 0.6 is 0 Å². The van der Waals surface area contributed by atoms with Crippen molar-refractivity contribution in [2.45, 2.75) is 50.0 Å². The van der Waals surface area contributed by atoms with Crippen molar-refractivity contribution in [3.05, 3.63) is 48.0 Å². The number of amides is 1. The van der Waals surface area contributed by atoms with Crippen LogP contribution in [-0.4, -0.2) is 50.0 Å². The number of carbonyl (C=O) groups excluding carboxylic acids is 1. The second-order valence-electron chi connectivity index (χ2n) is 9.55. The summed E-state index contributed by atoms with van der Waals surface area (Å²) < 4.78 is 78.0. The zero-order valence-corrected chi connectivity index (χ0v) is 20.9. The number of aryl methyl sites for hydroxylation is 1. The molecule has 13 heteroatoms. The number of carboxylic acids is 1. The van der Waals surface area contributed by atoms with E-state index >= 15 is 0 Å². The van der Waals surface area contributed by atoms with E-state index in [-0.39, 0.29) is 28.6 Å². The minimum Gasteiger partial charge on any atom is -0.486 e. The van der Waals surface area contributed by atoms with Gasteiger partial charge in [-0.1, -0.05) is 17.7 Å². The molecule has 0 saturated heterocycles. The van der Waals surface area contributed by atoms with Gasteiger partial charge in [0.25, 0.3) is 10.0 Å². The lowest BCUT2D eigenvalue weighted by atomic mass is 10.1. The van der Waals surface area contributed by atoms with Gasteiger partial charge in [-0.05, 0) is 57.5 Å². The number of carbonyl (C=O) groups is 2. The predicted molar refractivity (Wildman–Crippen MR) is 126 cm³/mol. The van der Waals surface area contributed by atoms with Crippen molar-refractivity contribution in [1.82, 2.24) is 0 Å². The van der Waals surface area contributed by atoms with Crippen molar-refractivity contribution in [2.24, 2.45) is 11.8 Å². The highest BCUT2D eigenvalue weighted by Gasteiger charge is 2.52. The molecular formula is C24H25F3N2O7S. The van der Waals surface area contributed by atoms with Crippen molar-refractivity contribution in [3.63, 3.8) is 0 Å². The number of nitrogens with one attached hydrogen (secondary N) is 1. The van der Waals surface area contributed by atoms with Crippen LogP contribution in [0.4, 0.5) is 29.3 Å². The zero-order valence-electron chi connectivity index (χ0n) is 20.1. The van der Waals surface area contributed by atoms with Crippen molar-refractivity contribution in [1.29, 1.82) is 0 Å². The third-order valence-electron chi connectivity index (χ3n) is 6.37. The fourth-order valence-electron chi connectivity index (χ4n) is 3.98. The fourth-order valence-corrected chi connectivity index (χ4v) is 5.46. The van der Waals surface area contributed by atoms with Crippen LogP contribution in [0.25, 0.3) is 0 Å². The van der Waals surface area contributed by atoms with Crippen molar-refractivity contribution in [2.75, 3.05) is 16.2 Å². The molecule has 2 aromatic carbocycles. The summed E-state index contributed by atoms with van der Waals surface area (Å²) in [4.78, 5) is 23.5. The molecule has 9 nitrogen and oxygen atoms in total. The van der Waals surface area contributed by atoms with Gasteiger partial charge in [-0.15, -0.1) is 0 Å². The molecule has 1 amide bonds. The lowest BCUT2D eigenvalue weighted by molar-refractivity contribution is -0.242. The molecule has 2 aromatic rings. The number of sulfonamides is 1. The highest BCUT2D eigenvalue weighted by molar-refractivity contribution is 7.92. The van der Waals surface area contributed by atoms with Crippen LogP contribution in [0, 0.1) is 18.8 Å². The summed E-state index contributed by atoms with van der Waals surface area (Å²) >= 11 is 0. The van der Waals surface area contributed by atoms with Crippen LogP contribution in [0.3, 0.4) is 0 Å². The molecule has 2 N–H and O–H groups in total. The highest BCUT2D eigenvalue weighted by Crippen LogP contribution is 2.48. The molecule has 1 aliphatic carbocycles. The Morgan fingerprint density at radius 3 is 2.35 bits per heavy atom. The fraction of sp³-hybridized carbons (Fsp3) is 0.417. The first-order chi connectivity index (χ1) is 17.1. The van der Waals surface area contributed by atoms with Crippen molar-refractivity contribution in [3.8, 4) is 5.75 Å². The third-order valence-corrected chi connectivity index (χ3v) is 8.17. The van der Waals surface area contributed by atoms with Crippen LogP contribution < -0.4 is 14.4 Å². The lowest BCUT2D eigenvalue weighted by Crippen LogP contribution is -2.45. The maximum Gasteiger partial charge on any atom is 0.427 e. The van der Waals surface area contributed by atoms with E-state index in [2.05, 4.69) is 10.1 Å². The lowest BCUT2D eigenvalue weighted by Gasteiger charge is -2.36. The summed E-state index contributed by atoms with van der Waals surface area (Å²) in [5.74, 6) is -1.91. The van der Waals surface area contributed by atoms with Crippen LogP contribution in [0.15, 0.2) is 47.4 Å². The predicted octanol–water partition coefficient (Wildman–Crippen LogP) is 4.56. The van der Waals surface area contributed by atoms with E-state index in [0.717, 1.165) is 9.87 Å². The summed E-state index contributed by atoms with van der Waals surface area (Å²) in [6.07, 6.45) is -6.58. The number of alkyl halides is 3. The number of nitrogens with zero attached hydrogens (tertiary/aromatic N) is 1. The molecule has 0 aromatic heterocycles. The maximum absolute atomic E-state index is 13.6. The number of hydrogen-bond donors (Lipinski definition) is 2. The maximum atomic E-state index is 13.6. The van der Waals surface area contributed by atoms with Crippen molar-refractivity contribution >= 4 is 33.5 Å². The number of benzene rings is 2. The van der Waals surface area contributed by atoms with Gasteiger partial charge >= 0.3 is 18.2 Å². The number of fused-ring (bicyclic) bond motifs is 1. The van der Waals surface area contributed by atoms with E-state index in [0.29, 0.717) is 20.3 Å². The van der Waals surface area contributed by atoms with Crippen molar-refractivity contribution < 1.29 is 45.8 Å². The summed E-state index contributed by atoms with van der Waals surface area (Å²) in [5.41, 5.74) is -1.90. The molecular weight excluding hydrogens is 517 g/mol. The molecule has 37 heavy (non-hydrogen) atoms. The largest absolute Gasteiger partial charge is 0.486 e. The average Bonchev–Trinajstić information content (AvgIpc) is 3.59. The number of rotatable bonds is 6. The molecule has 0 bridgehead atoms. The second-order valence-corrected chi connectivity index (χ2v) is 11.4. The van der Waals surface area contributed by atoms with Gasteiger partial charge in [0.2, 0.25) is 5.60 Å². The van der Waals surface area contributed by atoms with E-state index in [4.69, 9.17) is 4.74 Å². The zero-order chi connectivity index (χ0) is 27.3. The SMILES string of the molecule is Cc1ccc(S(=O)(=O)N2CC([C@H]3C[C@H]3C(=O)O)Oc3ccc(NC(=O)OC(C)(C)C(F)(F)F)cc32)cc1. The first-order valence-electron chi connectivity index (χ1n) is 11.3. The topological polar surface area (TPSA) is 122 Å². The highest BCUT2D eigenvalue weighted by atomic mass is 32.2. The van der Waals surface area contributed by atoms with E-state index in [1.54, 1.807) is 19.1 Å². The van der Waals surface area contributed by atoms with Gasteiger partial charge < -0.3 is 14.6 Å². The van der Waals surface area contributed by atoms with Gasteiger partial charge in [0.05, 0.1) is 23.0 Å². The van der Waals surface area contributed by atoms with Gasteiger partial charge in [-0.25, -0.2) is 13.2 Å². The Labute approximate surface area is 211 Å². The minimum absolute atomic E-state index is 0.0139. The number of hydrogen-bond acceptors (Lipinski definition) is 6. The molecule has 3 atom stereocenters. The van der Waals surface area contributed by atoms with Gasteiger partial charge in [0, 0.05) is 11.6 Å². The summed E-state index contributed by atoms with van der Waals surface area (Å²) in [5, 5.41) is 11.5. The number of anilines is 2. The number of ether oxygens (including phenoxy) is 2. The third kappa shape index (κ3) is 5.31. The minimum atomic E-state index is -4.81. The monoisotopic (exact) mass is 542 g/mol. The second kappa shape index (κ2) is 9.12. The molecule has 200 valence electrons. The molecule has 2 aliphatic rings. The normalized spacial score (nSPS) is 21.5. The Morgan fingerprint density at radius 1 is 1.14 bits per heavy atom. The Kier molecular flexibility index (Phi) is 6.55. The van der Waals surface area contributed by atoms with Crippen LogP contribution in [0.5, 0.6) is 5.75 Å². The van der Waals surface area contributed by atoms with Crippen LogP contribution in [-0.2, 0) is 19.6 Å². The van der Waals surface area contributed by atoms with E-state index in [1.807, 2.05) is 0 Å². The van der Waals surface area contributed by atoms with Crippen LogP contribution in [0.2, 0.25) is 0 Å². The smallest absolute Gasteiger partial charge is 0.427 e. The van der Waals surface area contributed by atoms with Gasteiger partial charge in [0.1, 0.15) is 11.9 Å². The molecule has 1 saturated carbocycles. The summed E-state index contributed by atoms with van der Waals surface area (Å²) in [7, 11) is -4.15. The summed E-state index contributed by atoms with van der Waals surface area (Å²) in [6, 6.07) is 10.1. The quantitative estimate of drug-likeness (QED) is 0.549. The number of halogens is 3. The van der Waals surface area contributed by atoms with Gasteiger partial charge in [-0.2, -0.15) is 13.2 Å². The summed E-state index contributed by atoms with van der Waals surface area (Å²) in [6.45, 7) is 3.01. The molecule has 0 radical (unpaired) electrons. The number of aliphatic carboxylic acids is 1. The van der Waals surface area contributed by atoms with Crippen LogP contribution in [0.1, 0.15) is 25.8 Å². The first kappa shape index (κ1) is 26.6. The van der Waals surface area contributed by atoms with Gasteiger partial charge in [0.15, 0.2) is 0 Å². The molecule has 1 unspecified atom stereocenters. The molecule has 4 rings (SSSR count). The van der Waals surface area contributed by atoms with E-state index < -0.39 is 51.8 Å². The van der Waals surface area contributed by atoms with E-state index in [9.17, 15) is 36.3 Å². The first-order valence-corrected chi connectivity index (χ1v) is 12.7.